The molecule has 0 aromatic heterocycles. The van der Waals surface area contributed by atoms with Crippen molar-refractivity contribution in [3.05, 3.63) is 70.5 Å². The number of halogens is 2. The number of rotatable bonds is 9. The molecule has 0 heterocycles. The topological polar surface area (TPSA) is 49.4 Å². The molecule has 1 unspecified atom stereocenters. The highest BCUT2D eigenvalue weighted by atomic mass is 35.5. The molecule has 0 aliphatic carbocycles. The first kappa shape index (κ1) is 21.9. The first-order valence-corrected chi connectivity index (χ1v) is 9.85. The Labute approximate surface area is 170 Å². The summed E-state index contributed by atoms with van der Waals surface area (Å²) in [6, 6.07) is 12.6. The van der Waals surface area contributed by atoms with E-state index in [9.17, 15) is 14.0 Å². The third-order valence-electron chi connectivity index (χ3n) is 4.54. The number of hydrogen-bond donors (Lipinski definition) is 1. The van der Waals surface area contributed by atoms with Gasteiger partial charge in [-0.1, -0.05) is 55.3 Å². The molecule has 0 bridgehead atoms. The van der Waals surface area contributed by atoms with Crippen LogP contribution in [-0.2, 0) is 22.6 Å². The highest BCUT2D eigenvalue weighted by Gasteiger charge is 2.26. The highest BCUT2D eigenvalue weighted by Crippen LogP contribution is 2.17. The Morgan fingerprint density at radius 1 is 1.18 bits per heavy atom. The van der Waals surface area contributed by atoms with Gasteiger partial charge in [-0.2, -0.15) is 0 Å². The third-order valence-corrected chi connectivity index (χ3v) is 4.77. The van der Waals surface area contributed by atoms with Gasteiger partial charge in [0.1, 0.15) is 11.9 Å². The second kappa shape index (κ2) is 10.8. The van der Waals surface area contributed by atoms with Gasteiger partial charge in [0.05, 0.1) is 6.42 Å². The summed E-state index contributed by atoms with van der Waals surface area (Å²) in [6.07, 6.45) is 1.73. The molecule has 1 N–H and O–H groups in total. The quantitative estimate of drug-likeness (QED) is 0.631. The van der Waals surface area contributed by atoms with E-state index in [1.807, 2.05) is 13.0 Å². The van der Waals surface area contributed by atoms with Crippen molar-refractivity contribution in [3.63, 3.8) is 0 Å². The summed E-state index contributed by atoms with van der Waals surface area (Å²) in [6.45, 7) is 4.51. The lowest BCUT2D eigenvalue weighted by atomic mass is 10.1. The number of nitrogens with one attached hydrogen (secondary N) is 1. The van der Waals surface area contributed by atoms with Gasteiger partial charge in [0.2, 0.25) is 11.8 Å². The minimum absolute atomic E-state index is 0.111. The van der Waals surface area contributed by atoms with Gasteiger partial charge in [0.15, 0.2) is 0 Å². The molecule has 2 rings (SSSR count). The average Bonchev–Trinajstić information content (AvgIpc) is 2.67. The molecule has 0 radical (unpaired) electrons. The van der Waals surface area contributed by atoms with Gasteiger partial charge in [-0.25, -0.2) is 4.39 Å². The van der Waals surface area contributed by atoms with E-state index in [0.717, 1.165) is 18.4 Å². The van der Waals surface area contributed by atoms with Crippen LogP contribution in [0.4, 0.5) is 4.39 Å². The van der Waals surface area contributed by atoms with Gasteiger partial charge < -0.3 is 10.2 Å². The molecule has 28 heavy (non-hydrogen) atoms. The number of carbonyl (C=O) groups excluding carboxylic acids is 2. The van der Waals surface area contributed by atoms with Gasteiger partial charge in [-0.05, 0) is 42.7 Å². The van der Waals surface area contributed by atoms with E-state index >= 15 is 0 Å². The van der Waals surface area contributed by atoms with Crippen LogP contribution >= 0.6 is 11.6 Å². The summed E-state index contributed by atoms with van der Waals surface area (Å²) in [4.78, 5) is 27.0. The van der Waals surface area contributed by atoms with Crippen LogP contribution in [0.15, 0.2) is 48.5 Å². The standard InChI is InChI=1S/C22H26ClFN2O2/c1-3-4-12-25-22(28)16(2)26(15-17-8-7-10-19(23)13-17)21(27)14-18-9-5-6-11-20(18)24/h5-11,13,16H,3-4,12,14-15H2,1-2H3,(H,25,28). The van der Waals surface area contributed by atoms with E-state index in [1.165, 1.54) is 11.0 Å². The average molecular weight is 405 g/mol. The Bertz CT molecular complexity index is 813. The maximum atomic E-state index is 14.0. The maximum absolute atomic E-state index is 14.0. The number of carbonyl (C=O) groups is 2. The predicted molar refractivity (Wildman–Crippen MR) is 109 cm³/mol. The van der Waals surface area contributed by atoms with Gasteiger partial charge in [0, 0.05) is 18.1 Å². The van der Waals surface area contributed by atoms with E-state index < -0.39 is 11.9 Å². The van der Waals surface area contributed by atoms with Crippen molar-refractivity contribution in [1.82, 2.24) is 10.2 Å². The van der Waals surface area contributed by atoms with Gasteiger partial charge >= 0.3 is 0 Å². The van der Waals surface area contributed by atoms with E-state index in [0.29, 0.717) is 17.1 Å². The molecule has 0 saturated heterocycles. The van der Waals surface area contributed by atoms with Crippen LogP contribution in [0.5, 0.6) is 0 Å². The molecule has 6 heteroatoms. The normalized spacial score (nSPS) is 11.7. The number of nitrogens with zero attached hydrogens (tertiary/aromatic N) is 1. The zero-order valence-corrected chi connectivity index (χ0v) is 17.0. The molecule has 0 aliphatic heterocycles. The Morgan fingerprint density at radius 2 is 1.93 bits per heavy atom. The molecule has 2 aromatic rings. The molecule has 2 amide bonds. The predicted octanol–water partition coefficient (Wildman–Crippen LogP) is 4.36. The zero-order chi connectivity index (χ0) is 20.5. The first-order chi connectivity index (χ1) is 13.4. The number of hydrogen-bond acceptors (Lipinski definition) is 2. The second-order valence-electron chi connectivity index (χ2n) is 6.74. The molecule has 0 aliphatic rings. The molecule has 0 fully saturated rings. The SMILES string of the molecule is CCCCNC(=O)C(C)N(Cc1cccc(Cl)c1)C(=O)Cc1ccccc1F. The van der Waals surface area contributed by atoms with Crippen LogP contribution in [0.2, 0.25) is 5.02 Å². The molecule has 150 valence electrons. The smallest absolute Gasteiger partial charge is 0.242 e. The van der Waals surface area contributed by atoms with Crippen LogP contribution in [0.3, 0.4) is 0 Å². The minimum atomic E-state index is -0.685. The van der Waals surface area contributed by atoms with Gasteiger partial charge in [0.25, 0.3) is 0 Å². The van der Waals surface area contributed by atoms with E-state index in [-0.39, 0.29) is 24.8 Å². The van der Waals surface area contributed by atoms with Crippen LogP contribution in [0.25, 0.3) is 0 Å². The van der Waals surface area contributed by atoms with Crippen molar-refractivity contribution in [1.29, 1.82) is 0 Å². The summed E-state index contributed by atoms with van der Waals surface area (Å²) in [5.74, 6) is -0.973. The van der Waals surface area contributed by atoms with Crippen LogP contribution in [0, 0.1) is 5.82 Å². The van der Waals surface area contributed by atoms with Crippen molar-refractivity contribution >= 4 is 23.4 Å². The van der Waals surface area contributed by atoms with Crippen molar-refractivity contribution in [2.75, 3.05) is 6.54 Å². The first-order valence-electron chi connectivity index (χ1n) is 9.47. The second-order valence-corrected chi connectivity index (χ2v) is 7.18. The highest BCUT2D eigenvalue weighted by molar-refractivity contribution is 6.30. The van der Waals surface area contributed by atoms with Crippen molar-refractivity contribution in [2.24, 2.45) is 0 Å². The molecular weight excluding hydrogens is 379 g/mol. The Morgan fingerprint density at radius 3 is 2.61 bits per heavy atom. The van der Waals surface area contributed by atoms with Crippen LogP contribution < -0.4 is 5.32 Å². The van der Waals surface area contributed by atoms with Crippen LogP contribution in [0.1, 0.15) is 37.8 Å². The molecule has 2 aromatic carbocycles. The number of amides is 2. The molecule has 0 spiro atoms. The van der Waals surface area contributed by atoms with Crippen LogP contribution in [-0.4, -0.2) is 29.3 Å². The van der Waals surface area contributed by atoms with Gasteiger partial charge in [-0.3, -0.25) is 9.59 Å². The zero-order valence-electron chi connectivity index (χ0n) is 16.3. The van der Waals surface area contributed by atoms with E-state index in [1.54, 1.807) is 43.3 Å². The van der Waals surface area contributed by atoms with Crippen molar-refractivity contribution in [3.8, 4) is 0 Å². The lowest BCUT2D eigenvalue weighted by Gasteiger charge is -2.29. The third kappa shape index (κ3) is 6.34. The maximum Gasteiger partial charge on any atom is 0.242 e. The lowest BCUT2D eigenvalue weighted by Crippen LogP contribution is -2.48. The summed E-state index contributed by atoms with van der Waals surface area (Å²) < 4.78 is 14.0. The Kier molecular flexibility index (Phi) is 8.45. The number of benzene rings is 2. The molecule has 0 saturated carbocycles. The Hall–Kier alpha value is -2.40. The van der Waals surface area contributed by atoms with E-state index in [2.05, 4.69) is 5.32 Å². The summed E-state index contributed by atoms with van der Waals surface area (Å²) >= 11 is 6.05. The largest absolute Gasteiger partial charge is 0.354 e. The van der Waals surface area contributed by atoms with Crippen molar-refractivity contribution < 1.29 is 14.0 Å². The fourth-order valence-corrected chi connectivity index (χ4v) is 3.07. The summed E-state index contributed by atoms with van der Waals surface area (Å²) in [7, 11) is 0. The van der Waals surface area contributed by atoms with E-state index in [4.69, 9.17) is 11.6 Å². The summed E-state index contributed by atoms with van der Waals surface area (Å²) in [5, 5.41) is 3.41. The fraction of sp³-hybridized carbons (Fsp3) is 0.364. The lowest BCUT2D eigenvalue weighted by molar-refractivity contribution is -0.140. The van der Waals surface area contributed by atoms with Gasteiger partial charge in [-0.15, -0.1) is 0 Å². The van der Waals surface area contributed by atoms with Crippen molar-refractivity contribution in [2.45, 2.75) is 45.7 Å². The number of unbranched alkanes of at least 4 members (excludes halogenated alkanes) is 1. The molecular formula is C22H26ClFN2O2. The Balaban J connectivity index is 2.20. The summed E-state index contributed by atoms with van der Waals surface area (Å²) in [5.41, 5.74) is 1.12. The monoisotopic (exact) mass is 404 g/mol. The fourth-order valence-electron chi connectivity index (χ4n) is 2.86. The molecule has 1 atom stereocenters. The molecule has 4 nitrogen and oxygen atoms in total. The minimum Gasteiger partial charge on any atom is -0.354 e.